The summed E-state index contributed by atoms with van der Waals surface area (Å²) in [6, 6.07) is 30.1. The van der Waals surface area contributed by atoms with E-state index < -0.39 is 78.0 Å². The summed E-state index contributed by atoms with van der Waals surface area (Å²) in [6.45, 7) is 0.448. The van der Waals surface area contributed by atoms with Crippen molar-refractivity contribution in [2.75, 3.05) is 49.2 Å². The van der Waals surface area contributed by atoms with Crippen LogP contribution in [0.25, 0.3) is 44.8 Å². The maximum absolute atomic E-state index is 16.7. The van der Waals surface area contributed by atoms with Gasteiger partial charge < -0.3 is 49.1 Å². The van der Waals surface area contributed by atoms with Crippen molar-refractivity contribution < 1.29 is 60.0 Å². The zero-order chi connectivity index (χ0) is 58.1. The van der Waals surface area contributed by atoms with E-state index in [9.17, 15) is 13.9 Å². The summed E-state index contributed by atoms with van der Waals surface area (Å²) in [4.78, 5) is 39.9. The monoisotopic (exact) mass is 1200 g/mol. The van der Waals surface area contributed by atoms with Crippen molar-refractivity contribution in [2.24, 2.45) is 0 Å². The van der Waals surface area contributed by atoms with Crippen LogP contribution in [-0.4, -0.2) is 137 Å². The lowest BCUT2D eigenvalue weighted by Gasteiger charge is -2.26. The Hall–Kier alpha value is -7.85. The van der Waals surface area contributed by atoms with E-state index in [4.69, 9.17) is 56.3 Å². The number of aromatic nitrogens is 11. The number of esters is 1. The molecule has 430 valence electrons. The van der Waals surface area contributed by atoms with Crippen LogP contribution in [0, 0.1) is 0 Å². The first kappa shape index (κ1) is 56.6. The Balaban J connectivity index is 0.632. The van der Waals surface area contributed by atoms with Gasteiger partial charge in [0.25, 0.3) is 7.47 Å². The molecule has 12 rings (SSSR count). The molecule has 25 nitrogen and oxygen atoms in total. The zero-order valence-corrected chi connectivity index (χ0v) is 46.9. The molecule has 31 heteroatoms. The van der Waals surface area contributed by atoms with E-state index in [2.05, 4.69) is 76.4 Å². The van der Waals surface area contributed by atoms with Gasteiger partial charge in [-0.1, -0.05) is 59.8 Å². The Bertz CT molecular complexity index is 3910. The fraction of sp³-hybridized carbons (Fsp3) is 0.302. The summed E-state index contributed by atoms with van der Waals surface area (Å²) in [6.07, 6.45) is -7.96. The third kappa shape index (κ3) is 11.6. The van der Waals surface area contributed by atoms with Crippen molar-refractivity contribution in [3.05, 3.63) is 139 Å². The van der Waals surface area contributed by atoms with Gasteiger partial charge in [0.2, 0.25) is 7.57 Å². The number of nitrogen functional groups attached to an aromatic ring is 2. The van der Waals surface area contributed by atoms with E-state index in [0.29, 0.717) is 36.0 Å². The third-order valence-electron chi connectivity index (χ3n) is 14.2. The Morgan fingerprint density at radius 2 is 1.43 bits per heavy atom. The highest BCUT2D eigenvalue weighted by molar-refractivity contribution is 7.98. The number of imidazole rings is 2. The molecule has 2 fully saturated rings. The van der Waals surface area contributed by atoms with Crippen molar-refractivity contribution in [3.8, 4) is 34.0 Å². The predicted molar refractivity (Wildman–Crippen MR) is 302 cm³/mol. The number of carbonyl (C=O) groups excluding carboxylic acids is 1. The van der Waals surface area contributed by atoms with Gasteiger partial charge in [-0.3, -0.25) is 18.2 Å². The number of nitrogens with zero attached hydrogens (tertiary/aromatic N) is 12. The molecule has 3 aliphatic heterocycles. The first-order chi connectivity index (χ1) is 40.8. The van der Waals surface area contributed by atoms with Crippen LogP contribution in [0.5, 0.6) is 11.5 Å². The third-order valence-corrected chi connectivity index (χ3v) is 16.5. The molecule has 0 spiro atoms. The normalized spacial score (nSPS) is 21.9. The lowest BCUT2D eigenvalue weighted by Crippen LogP contribution is -2.35. The van der Waals surface area contributed by atoms with Gasteiger partial charge in [0.15, 0.2) is 47.7 Å². The van der Waals surface area contributed by atoms with Crippen LogP contribution in [-0.2, 0) is 55.8 Å². The summed E-state index contributed by atoms with van der Waals surface area (Å²) < 4.78 is 109. The first-order valence-electron chi connectivity index (χ1n) is 26.0. The predicted octanol–water partition coefficient (Wildman–Crippen LogP) is 7.65. The fourth-order valence-corrected chi connectivity index (χ4v) is 12.3. The largest absolute Gasteiger partial charge is 0.492 e. The Kier molecular flexibility index (Phi) is 16.4. The Morgan fingerprint density at radius 3 is 2.12 bits per heavy atom. The van der Waals surface area contributed by atoms with Crippen LogP contribution >= 0.6 is 27.9 Å². The summed E-state index contributed by atoms with van der Waals surface area (Å²) in [7, 11) is 2.51. The van der Waals surface area contributed by atoms with E-state index in [1.807, 2.05) is 28.9 Å². The lowest BCUT2D eigenvalue weighted by molar-refractivity contribution is -0.0568. The minimum Gasteiger partial charge on any atom is -0.492 e. The van der Waals surface area contributed by atoms with Crippen LogP contribution < -0.4 is 25.8 Å². The number of hydrogen-bond acceptors (Lipinski definition) is 23. The number of alkyl halides is 2. The smallest absolute Gasteiger partial charge is 0.343 e. The molecule has 0 bridgehead atoms. The number of carbonyl (C=O) groups is 1. The minimum atomic E-state index is -4.75. The molecule has 0 amide bonds. The molecule has 3 aliphatic rings. The van der Waals surface area contributed by atoms with Crippen molar-refractivity contribution in [2.45, 2.75) is 68.1 Å². The van der Waals surface area contributed by atoms with Crippen LogP contribution in [0.2, 0.25) is 0 Å². The molecule has 2 saturated heterocycles. The molecule has 1 unspecified atom stereocenters. The Labute approximate surface area is 483 Å². The highest BCUT2D eigenvalue weighted by atomic mass is 32.2. The van der Waals surface area contributed by atoms with Gasteiger partial charge in [0.05, 0.1) is 49.6 Å². The van der Waals surface area contributed by atoms with Gasteiger partial charge >= 0.3 is 14.7 Å². The zero-order valence-electron chi connectivity index (χ0n) is 44.3. The molecule has 9 atom stereocenters. The Morgan fingerprint density at radius 1 is 0.798 bits per heavy atom. The second-order valence-electron chi connectivity index (χ2n) is 19.5. The molecule has 0 aliphatic carbocycles. The number of fused-ring (bicyclic) bond motifs is 7. The highest BCUT2D eigenvalue weighted by Gasteiger charge is 2.52. The number of rotatable bonds is 21. The van der Waals surface area contributed by atoms with Gasteiger partial charge in [0, 0.05) is 36.2 Å². The van der Waals surface area contributed by atoms with Gasteiger partial charge in [-0.15, -0.1) is 16.9 Å². The standard InChI is InChI=1S/C53H49BF2N14O11P2S/c1-67-20-31-6-2-3-7-34(31)44-41(35-8-4-5-9-36(35)67)65-66-70(44)18-19-75-32-16-12-30(13-17-32)53(71)77-33-14-10-29(11-15-33)23-84-28-74-21-37-46(40(56)52(78-37)69-27-64-43-48(58)60-25-62-50(43)69)81-83(54,73)76-22-38-45(80-82-72)39(55)51(79-38)68-26-63-42-47(57)59-24-61-49(42)68/h2-17,24-27,37-40,45-46,51-52H,18-23,28H2,1H3,(H2,57,59,61)(H2,58,60,62)/t37-,38-,39-,40-,45-,46-,51-,52-,83?/m1/s1. The van der Waals surface area contributed by atoms with E-state index >= 15 is 8.78 Å². The molecule has 8 heterocycles. The van der Waals surface area contributed by atoms with Gasteiger partial charge in [-0.05, 0) is 53.6 Å². The molecular formula is C53H49BF2N14O11P2S. The average molecular weight is 1200 g/mol. The maximum atomic E-state index is 16.7. The minimum absolute atomic E-state index is 0.0370. The second-order valence-corrected chi connectivity index (χ2v) is 22.4. The quantitative estimate of drug-likeness (QED) is 0.0174. The molecule has 4 aromatic carbocycles. The van der Waals surface area contributed by atoms with Crippen LogP contribution in [0.3, 0.4) is 0 Å². The number of thioether (sulfide) groups is 1. The van der Waals surface area contributed by atoms with Gasteiger partial charge in [-0.2, -0.15) is 0 Å². The SMILES string of the molecule is [B]P(=O)(OC[C@H]1O[C@@H](n2cnc3c(N)ncnc32)[C@H](F)[C@@H]1OP=O)O[C@H]1[C@@H](F)[C@H](n2cnc3c(N)ncnc32)O[C@@H]1COCSCc1ccc(OC(=O)c2ccc(OCCn3nnc4c3-c3ccccc3CN(C)c3ccccc3-4)cc2)cc1. The summed E-state index contributed by atoms with van der Waals surface area (Å²) in [5.41, 5.74) is 19.8. The second kappa shape index (κ2) is 24.4. The average Bonchev–Trinajstić information content (AvgIpc) is 3.66. The number of ether oxygens (including phenoxy) is 5. The summed E-state index contributed by atoms with van der Waals surface area (Å²) in [5, 5.41) is 9.19. The number of hydrogen-bond donors (Lipinski definition) is 2. The number of anilines is 3. The molecule has 2 radical (unpaired) electrons. The van der Waals surface area contributed by atoms with E-state index in [-0.39, 0.29) is 46.5 Å². The molecular weight excluding hydrogens is 1150 g/mol. The van der Waals surface area contributed by atoms with E-state index in [0.717, 1.165) is 52.2 Å². The molecule has 0 saturated carbocycles. The van der Waals surface area contributed by atoms with Crippen LogP contribution in [0.4, 0.5) is 26.1 Å². The van der Waals surface area contributed by atoms with E-state index in [1.165, 1.54) is 39.9 Å². The van der Waals surface area contributed by atoms with E-state index in [1.54, 1.807) is 48.5 Å². The van der Waals surface area contributed by atoms with Crippen molar-refractivity contribution in [3.63, 3.8) is 0 Å². The maximum Gasteiger partial charge on any atom is 0.343 e. The molecule has 5 aromatic heterocycles. The van der Waals surface area contributed by atoms with Crippen molar-refractivity contribution in [1.82, 2.24) is 54.0 Å². The summed E-state index contributed by atoms with van der Waals surface area (Å²) >= 11 is 1.37. The summed E-state index contributed by atoms with van der Waals surface area (Å²) in [5.74, 6) is 0.961. The lowest BCUT2D eigenvalue weighted by atomic mass is 9.96. The first-order valence-corrected chi connectivity index (χ1v) is 29.5. The number of benzene rings is 4. The number of halogens is 2. The van der Waals surface area contributed by atoms with Crippen molar-refractivity contribution >= 4 is 81.1 Å². The van der Waals surface area contributed by atoms with Gasteiger partial charge in [0.1, 0.15) is 71.9 Å². The van der Waals surface area contributed by atoms with Crippen LogP contribution in [0.1, 0.15) is 33.9 Å². The molecule has 9 aromatic rings. The van der Waals surface area contributed by atoms with Crippen molar-refractivity contribution in [1.29, 1.82) is 0 Å². The molecule has 84 heavy (non-hydrogen) atoms. The fourth-order valence-electron chi connectivity index (χ4n) is 10.2. The highest BCUT2D eigenvalue weighted by Crippen LogP contribution is 2.50. The topological polar surface area (TPSA) is 298 Å². The molecule has 4 N–H and O–H groups in total. The van der Waals surface area contributed by atoms with Gasteiger partial charge in [-0.25, -0.2) is 52.7 Å². The number of nitrogens with two attached hydrogens (primary N) is 2. The number of para-hydroxylation sites is 1. The van der Waals surface area contributed by atoms with Crippen LogP contribution in [0.15, 0.2) is 122 Å².